The van der Waals surface area contributed by atoms with E-state index in [0.29, 0.717) is 6.54 Å². The van der Waals surface area contributed by atoms with Gasteiger partial charge < -0.3 is 20.1 Å². The van der Waals surface area contributed by atoms with Gasteiger partial charge in [0, 0.05) is 12.6 Å². The van der Waals surface area contributed by atoms with Gasteiger partial charge in [-0.1, -0.05) is 12.8 Å². The number of ether oxygens (including phenoxy) is 1. The van der Waals surface area contributed by atoms with Crippen LogP contribution in [0.15, 0.2) is 0 Å². The summed E-state index contributed by atoms with van der Waals surface area (Å²) in [6.45, 7) is 7.95. The third-order valence-corrected chi connectivity index (χ3v) is 3.61. The highest BCUT2D eigenvalue weighted by Crippen LogP contribution is 2.25. The molecule has 1 amide bonds. The molecule has 0 aromatic rings. The average molecular weight is 300 g/mol. The van der Waals surface area contributed by atoms with Gasteiger partial charge >= 0.3 is 12.1 Å². The molecule has 6 nitrogen and oxygen atoms in total. The molecule has 1 aliphatic carbocycles. The van der Waals surface area contributed by atoms with Crippen LogP contribution >= 0.6 is 0 Å². The zero-order valence-corrected chi connectivity index (χ0v) is 13.5. The second-order valence-electron chi connectivity index (χ2n) is 6.50. The summed E-state index contributed by atoms with van der Waals surface area (Å²) in [5.74, 6) is -0.875. The van der Waals surface area contributed by atoms with Crippen molar-refractivity contribution in [3.63, 3.8) is 0 Å². The number of nitrogens with one attached hydrogen (secondary N) is 1. The first-order valence-corrected chi connectivity index (χ1v) is 7.69. The molecular weight excluding hydrogens is 272 g/mol. The predicted octanol–water partition coefficient (Wildman–Crippen LogP) is 2.23. The van der Waals surface area contributed by atoms with E-state index >= 15 is 0 Å². The Morgan fingerprint density at radius 1 is 1.29 bits per heavy atom. The number of carboxylic acid groups (broad SMARTS) is 1. The zero-order chi connectivity index (χ0) is 16.0. The van der Waals surface area contributed by atoms with E-state index in [2.05, 4.69) is 5.32 Å². The average Bonchev–Trinajstić information content (AvgIpc) is 2.36. The number of aliphatic carboxylic acids is 1. The van der Waals surface area contributed by atoms with Gasteiger partial charge in [0.2, 0.25) is 0 Å². The van der Waals surface area contributed by atoms with Gasteiger partial charge in [0.05, 0.1) is 12.6 Å². The Labute approximate surface area is 126 Å². The number of likely N-dealkylation sites (N-methyl/N-ethyl adjacent to an activating group) is 1. The lowest BCUT2D eigenvalue weighted by atomic mass is 9.89. The maximum absolute atomic E-state index is 12.3. The fraction of sp³-hybridized carbons (Fsp3) is 0.867. The summed E-state index contributed by atoms with van der Waals surface area (Å²) >= 11 is 0. The summed E-state index contributed by atoms with van der Waals surface area (Å²) in [6.07, 6.45) is 3.55. The number of rotatable bonds is 5. The standard InChI is InChI=1S/C15H28N2O4/c1-5-17(14(20)21-15(2,3)4)12-9-7-6-8-11(12)16-10-13(18)19/h11-12,16H,5-10H2,1-4H3,(H,18,19)/t11-,12+/m0/s1. The molecule has 122 valence electrons. The molecule has 0 heterocycles. The van der Waals surface area contributed by atoms with E-state index in [1.807, 2.05) is 27.7 Å². The van der Waals surface area contributed by atoms with Crippen molar-refractivity contribution in [3.8, 4) is 0 Å². The van der Waals surface area contributed by atoms with Crippen LogP contribution in [0.5, 0.6) is 0 Å². The van der Waals surface area contributed by atoms with E-state index in [-0.39, 0.29) is 24.7 Å². The minimum absolute atomic E-state index is 0.00190. The van der Waals surface area contributed by atoms with Crippen molar-refractivity contribution in [1.82, 2.24) is 10.2 Å². The van der Waals surface area contributed by atoms with Crippen molar-refractivity contribution in [2.45, 2.75) is 71.1 Å². The summed E-state index contributed by atoms with van der Waals surface area (Å²) in [5, 5.41) is 11.9. The normalized spacial score (nSPS) is 22.7. The zero-order valence-electron chi connectivity index (χ0n) is 13.5. The number of amides is 1. The molecule has 0 saturated heterocycles. The third-order valence-electron chi connectivity index (χ3n) is 3.61. The molecule has 21 heavy (non-hydrogen) atoms. The SMILES string of the molecule is CCN(C(=O)OC(C)(C)C)[C@@H]1CCCC[C@@H]1NCC(=O)O. The van der Waals surface area contributed by atoms with Crippen LogP contribution in [0.25, 0.3) is 0 Å². The van der Waals surface area contributed by atoms with Gasteiger partial charge in [-0.3, -0.25) is 4.79 Å². The number of carbonyl (C=O) groups excluding carboxylic acids is 1. The summed E-state index contributed by atoms with van der Waals surface area (Å²) in [6, 6.07) is 0.0141. The largest absolute Gasteiger partial charge is 0.480 e. The third kappa shape index (κ3) is 5.91. The Morgan fingerprint density at radius 3 is 2.43 bits per heavy atom. The topological polar surface area (TPSA) is 78.9 Å². The lowest BCUT2D eigenvalue weighted by Crippen LogP contribution is -2.55. The molecule has 1 rings (SSSR count). The van der Waals surface area contributed by atoms with Crippen LogP contribution in [-0.2, 0) is 9.53 Å². The van der Waals surface area contributed by atoms with Gasteiger partial charge in [-0.15, -0.1) is 0 Å². The van der Waals surface area contributed by atoms with Crippen molar-refractivity contribution in [3.05, 3.63) is 0 Å². The number of hydrogen-bond acceptors (Lipinski definition) is 4. The van der Waals surface area contributed by atoms with Crippen LogP contribution in [0.4, 0.5) is 4.79 Å². The van der Waals surface area contributed by atoms with Crippen molar-refractivity contribution in [2.75, 3.05) is 13.1 Å². The van der Waals surface area contributed by atoms with Gasteiger partial charge in [0.1, 0.15) is 5.60 Å². The van der Waals surface area contributed by atoms with E-state index in [1.165, 1.54) is 0 Å². The Bertz CT molecular complexity index is 365. The van der Waals surface area contributed by atoms with Crippen molar-refractivity contribution < 1.29 is 19.4 Å². The molecule has 1 fully saturated rings. The molecule has 1 saturated carbocycles. The quantitative estimate of drug-likeness (QED) is 0.814. The summed E-state index contributed by atoms with van der Waals surface area (Å²) in [7, 11) is 0. The Balaban J connectivity index is 2.74. The fourth-order valence-corrected chi connectivity index (χ4v) is 2.76. The Hall–Kier alpha value is -1.30. The highest BCUT2D eigenvalue weighted by molar-refractivity contribution is 5.69. The van der Waals surface area contributed by atoms with Crippen LogP contribution in [0.2, 0.25) is 0 Å². The molecule has 1 aliphatic rings. The van der Waals surface area contributed by atoms with E-state index < -0.39 is 11.6 Å². The van der Waals surface area contributed by atoms with E-state index in [0.717, 1.165) is 25.7 Å². The molecule has 2 atom stereocenters. The monoisotopic (exact) mass is 300 g/mol. The van der Waals surface area contributed by atoms with E-state index in [9.17, 15) is 9.59 Å². The summed E-state index contributed by atoms with van der Waals surface area (Å²) in [4.78, 5) is 24.8. The van der Waals surface area contributed by atoms with Gasteiger partial charge in [-0.25, -0.2) is 4.79 Å². The van der Waals surface area contributed by atoms with Crippen LogP contribution in [0.1, 0.15) is 53.4 Å². The first-order chi connectivity index (χ1) is 9.74. The molecule has 2 N–H and O–H groups in total. The second kappa shape index (κ2) is 7.64. The fourth-order valence-electron chi connectivity index (χ4n) is 2.76. The number of carbonyl (C=O) groups is 2. The minimum Gasteiger partial charge on any atom is -0.480 e. The lowest BCUT2D eigenvalue weighted by molar-refractivity contribution is -0.136. The smallest absolute Gasteiger partial charge is 0.410 e. The number of nitrogens with zero attached hydrogens (tertiary/aromatic N) is 1. The summed E-state index contributed by atoms with van der Waals surface area (Å²) in [5.41, 5.74) is -0.525. The van der Waals surface area contributed by atoms with Crippen molar-refractivity contribution in [2.24, 2.45) is 0 Å². The van der Waals surface area contributed by atoms with Crippen LogP contribution in [0.3, 0.4) is 0 Å². The highest BCUT2D eigenvalue weighted by Gasteiger charge is 2.34. The molecule has 0 aromatic heterocycles. The lowest BCUT2D eigenvalue weighted by Gasteiger charge is -2.40. The van der Waals surface area contributed by atoms with Crippen LogP contribution in [-0.4, -0.2) is 52.8 Å². The molecule has 0 unspecified atom stereocenters. The number of hydrogen-bond donors (Lipinski definition) is 2. The Kier molecular flexibility index (Phi) is 6.45. The first kappa shape index (κ1) is 17.8. The van der Waals surface area contributed by atoms with Crippen LogP contribution < -0.4 is 5.32 Å². The molecule has 0 bridgehead atoms. The highest BCUT2D eigenvalue weighted by atomic mass is 16.6. The van der Waals surface area contributed by atoms with Gasteiger partial charge in [-0.2, -0.15) is 0 Å². The Morgan fingerprint density at radius 2 is 1.90 bits per heavy atom. The van der Waals surface area contributed by atoms with Crippen molar-refractivity contribution >= 4 is 12.1 Å². The van der Waals surface area contributed by atoms with E-state index in [1.54, 1.807) is 4.90 Å². The van der Waals surface area contributed by atoms with Gasteiger partial charge in [0.25, 0.3) is 0 Å². The molecular formula is C15H28N2O4. The summed E-state index contributed by atoms with van der Waals surface area (Å²) < 4.78 is 5.46. The van der Waals surface area contributed by atoms with Gasteiger partial charge in [-0.05, 0) is 40.5 Å². The van der Waals surface area contributed by atoms with Crippen molar-refractivity contribution in [1.29, 1.82) is 0 Å². The number of carboxylic acids is 1. The molecule has 0 spiro atoms. The van der Waals surface area contributed by atoms with E-state index in [4.69, 9.17) is 9.84 Å². The molecule has 0 radical (unpaired) electrons. The molecule has 0 aromatic carbocycles. The maximum atomic E-state index is 12.3. The first-order valence-electron chi connectivity index (χ1n) is 7.69. The van der Waals surface area contributed by atoms with Crippen LogP contribution in [0, 0.1) is 0 Å². The second-order valence-corrected chi connectivity index (χ2v) is 6.50. The van der Waals surface area contributed by atoms with Gasteiger partial charge in [0.15, 0.2) is 0 Å². The maximum Gasteiger partial charge on any atom is 0.410 e. The minimum atomic E-state index is -0.875. The molecule has 0 aliphatic heterocycles. The molecule has 6 heteroatoms. The predicted molar refractivity (Wildman–Crippen MR) is 80.3 cm³/mol.